The summed E-state index contributed by atoms with van der Waals surface area (Å²) in [5.41, 5.74) is 6.93. The molecule has 2 aromatic rings. The smallest absolute Gasteiger partial charge is 0.327 e. The van der Waals surface area contributed by atoms with Gasteiger partial charge < -0.3 is 16.0 Å². The Morgan fingerprint density at radius 2 is 1.94 bits per heavy atom. The second-order valence-electron chi connectivity index (χ2n) is 7.82. The van der Waals surface area contributed by atoms with Crippen LogP contribution in [0.25, 0.3) is 0 Å². The van der Waals surface area contributed by atoms with Gasteiger partial charge >= 0.3 is 12.2 Å². The van der Waals surface area contributed by atoms with Crippen LogP contribution in [-0.4, -0.2) is 41.6 Å². The monoisotopic (exact) mass is 435 g/mol. The van der Waals surface area contributed by atoms with E-state index in [2.05, 4.69) is 27.4 Å². The Bertz CT molecular complexity index is 870. The highest BCUT2D eigenvalue weighted by atomic mass is 19.4. The molecule has 2 amide bonds. The number of hydrogen-bond donors (Lipinski definition) is 3. The minimum atomic E-state index is -4.57. The van der Waals surface area contributed by atoms with E-state index in [1.807, 2.05) is 12.1 Å². The molecule has 4 N–H and O–H groups in total. The molecule has 1 fully saturated rings. The van der Waals surface area contributed by atoms with Crippen LogP contribution in [0.5, 0.6) is 0 Å². The third kappa shape index (κ3) is 6.41. The quantitative estimate of drug-likeness (QED) is 0.616. The summed E-state index contributed by atoms with van der Waals surface area (Å²) in [6.45, 7) is 5.18. The summed E-state index contributed by atoms with van der Waals surface area (Å²) in [5.74, 6) is 0.0482. The number of hydrogen-bond acceptors (Lipinski definition) is 4. The lowest BCUT2D eigenvalue weighted by molar-refractivity contribution is -0.141. The molecule has 1 saturated heterocycles. The Morgan fingerprint density at radius 3 is 2.61 bits per heavy atom. The first-order valence-electron chi connectivity index (χ1n) is 10.5. The molecule has 31 heavy (non-hydrogen) atoms. The van der Waals surface area contributed by atoms with Crippen LogP contribution in [0.3, 0.4) is 0 Å². The maximum Gasteiger partial charge on any atom is 0.433 e. The lowest BCUT2D eigenvalue weighted by atomic mass is 9.86. The molecule has 1 aromatic carbocycles. The number of anilines is 2. The predicted molar refractivity (Wildman–Crippen MR) is 115 cm³/mol. The summed E-state index contributed by atoms with van der Waals surface area (Å²) in [4.78, 5) is 18.0. The molecule has 6 nitrogen and oxygen atoms in total. The molecule has 1 aromatic heterocycles. The fourth-order valence-electron chi connectivity index (χ4n) is 3.73. The lowest BCUT2D eigenvalue weighted by Crippen LogP contribution is -2.45. The van der Waals surface area contributed by atoms with Gasteiger partial charge in [0.2, 0.25) is 0 Å². The van der Waals surface area contributed by atoms with Gasteiger partial charge in [-0.15, -0.1) is 0 Å². The molecule has 0 saturated carbocycles. The first-order valence-corrected chi connectivity index (χ1v) is 10.5. The first-order chi connectivity index (χ1) is 14.8. The Kier molecular flexibility index (Phi) is 7.50. The zero-order valence-electron chi connectivity index (χ0n) is 17.5. The van der Waals surface area contributed by atoms with E-state index in [4.69, 9.17) is 5.73 Å². The number of amides is 2. The molecule has 2 unspecified atom stereocenters. The number of benzene rings is 1. The zero-order chi connectivity index (χ0) is 22.4. The Labute approximate surface area is 180 Å². The van der Waals surface area contributed by atoms with Crippen LogP contribution < -0.4 is 16.4 Å². The van der Waals surface area contributed by atoms with E-state index in [9.17, 15) is 18.0 Å². The van der Waals surface area contributed by atoms with Crippen molar-refractivity contribution in [2.24, 2.45) is 5.73 Å². The van der Waals surface area contributed by atoms with Gasteiger partial charge in [-0.25, -0.2) is 9.78 Å². The van der Waals surface area contributed by atoms with Crippen molar-refractivity contribution in [1.29, 1.82) is 0 Å². The number of carbonyl (C=O) groups excluding carboxylic acids is 1. The molecular formula is C22H28F3N5O. The number of alkyl halides is 3. The number of unbranched alkanes of at least 4 members (excludes halogenated alkanes) is 1. The summed E-state index contributed by atoms with van der Waals surface area (Å²) in [7, 11) is 0. The van der Waals surface area contributed by atoms with Gasteiger partial charge in [0, 0.05) is 24.2 Å². The minimum absolute atomic E-state index is 0.0898. The van der Waals surface area contributed by atoms with Crippen LogP contribution in [0.1, 0.15) is 43.4 Å². The average Bonchev–Trinajstić information content (AvgIpc) is 2.73. The van der Waals surface area contributed by atoms with E-state index in [1.165, 1.54) is 18.6 Å². The van der Waals surface area contributed by atoms with Crippen LogP contribution >= 0.6 is 0 Å². The second-order valence-corrected chi connectivity index (χ2v) is 7.82. The van der Waals surface area contributed by atoms with Gasteiger partial charge in [0.05, 0.1) is 0 Å². The SMILES string of the molecule is CCCCN1CCC(N)C(c2ccc(NC(=O)Nc3cccc(C(F)(F)F)n3)cc2)C1. The first kappa shape index (κ1) is 23.0. The third-order valence-electron chi connectivity index (χ3n) is 5.46. The van der Waals surface area contributed by atoms with Gasteiger partial charge in [0.1, 0.15) is 11.5 Å². The Hall–Kier alpha value is -2.65. The van der Waals surface area contributed by atoms with Crippen molar-refractivity contribution in [2.75, 3.05) is 30.3 Å². The molecular weight excluding hydrogens is 407 g/mol. The van der Waals surface area contributed by atoms with Crippen molar-refractivity contribution in [1.82, 2.24) is 9.88 Å². The molecule has 9 heteroatoms. The van der Waals surface area contributed by atoms with Gasteiger partial charge in [-0.3, -0.25) is 5.32 Å². The maximum atomic E-state index is 12.8. The van der Waals surface area contributed by atoms with E-state index in [0.29, 0.717) is 5.69 Å². The standard InChI is InChI=1S/C22H28F3N5O/c1-2-3-12-30-13-11-18(26)17(14-30)15-7-9-16(10-8-15)27-21(31)29-20-6-4-5-19(28-20)22(23,24)25/h4-10,17-18H,2-3,11-14,26H2,1H3,(H2,27,28,29,31). The van der Waals surface area contributed by atoms with Crippen molar-refractivity contribution in [3.05, 3.63) is 53.7 Å². The van der Waals surface area contributed by atoms with Crippen LogP contribution in [0.2, 0.25) is 0 Å². The summed E-state index contributed by atoms with van der Waals surface area (Å²) in [6.07, 6.45) is -1.30. The van der Waals surface area contributed by atoms with Gasteiger partial charge in [-0.05, 0) is 55.8 Å². The molecule has 3 rings (SSSR count). The normalized spacial score (nSPS) is 19.8. The number of pyridine rings is 1. The van der Waals surface area contributed by atoms with E-state index in [-0.39, 0.29) is 17.8 Å². The highest BCUT2D eigenvalue weighted by Gasteiger charge is 2.32. The summed E-state index contributed by atoms with van der Waals surface area (Å²) < 4.78 is 38.3. The molecule has 2 heterocycles. The number of urea groups is 1. The molecule has 0 radical (unpaired) electrons. The molecule has 2 atom stereocenters. The van der Waals surface area contributed by atoms with Crippen LogP contribution in [0.15, 0.2) is 42.5 Å². The van der Waals surface area contributed by atoms with E-state index < -0.39 is 17.9 Å². The van der Waals surface area contributed by atoms with Gasteiger partial charge in [-0.2, -0.15) is 13.2 Å². The number of aromatic nitrogens is 1. The van der Waals surface area contributed by atoms with Crippen molar-refractivity contribution < 1.29 is 18.0 Å². The van der Waals surface area contributed by atoms with E-state index in [0.717, 1.165) is 44.1 Å². The number of halogens is 3. The highest BCUT2D eigenvalue weighted by Crippen LogP contribution is 2.29. The molecule has 0 bridgehead atoms. The second kappa shape index (κ2) is 10.1. The van der Waals surface area contributed by atoms with Crippen molar-refractivity contribution in [3.63, 3.8) is 0 Å². The van der Waals surface area contributed by atoms with E-state index in [1.54, 1.807) is 12.1 Å². The third-order valence-corrected chi connectivity index (χ3v) is 5.46. The van der Waals surface area contributed by atoms with Crippen molar-refractivity contribution in [2.45, 2.75) is 44.3 Å². The topological polar surface area (TPSA) is 83.3 Å². The van der Waals surface area contributed by atoms with Crippen molar-refractivity contribution >= 4 is 17.5 Å². The van der Waals surface area contributed by atoms with Crippen LogP contribution in [0.4, 0.5) is 29.5 Å². The summed E-state index contributed by atoms with van der Waals surface area (Å²) in [5, 5.41) is 4.94. The fraction of sp³-hybridized carbons (Fsp3) is 0.455. The van der Waals surface area contributed by atoms with Gasteiger partial charge in [0.15, 0.2) is 0 Å². The van der Waals surface area contributed by atoms with Crippen LogP contribution in [-0.2, 0) is 6.18 Å². The summed E-state index contributed by atoms with van der Waals surface area (Å²) in [6, 6.07) is 10.2. The number of nitrogens with one attached hydrogen (secondary N) is 2. The zero-order valence-corrected chi connectivity index (χ0v) is 17.5. The molecule has 0 aliphatic carbocycles. The molecule has 0 spiro atoms. The Morgan fingerprint density at radius 1 is 1.19 bits per heavy atom. The number of carbonyl (C=O) groups is 1. The molecule has 168 valence electrons. The largest absolute Gasteiger partial charge is 0.433 e. The average molecular weight is 435 g/mol. The van der Waals surface area contributed by atoms with Crippen LogP contribution in [0, 0.1) is 0 Å². The summed E-state index contributed by atoms with van der Waals surface area (Å²) >= 11 is 0. The number of nitrogens with two attached hydrogens (primary N) is 1. The lowest BCUT2D eigenvalue weighted by Gasteiger charge is -2.37. The van der Waals surface area contributed by atoms with Crippen molar-refractivity contribution in [3.8, 4) is 0 Å². The number of nitrogens with zero attached hydrogens (tertiary/aromatic N) is 2. The highest BCUT2D eigenvalue weighted by molar-refractivity contribution is 5.99. The minimum Gasteiger partial charge on any atom is -0.327 e. The predicted octanol–water partition coefficient (Wildman–Crippen LogP) is 4.66. The Balaban J connectivity index is 1.59. The number of likely N-dealkylation sites (tertiary alicyclic amines) is 1. The fourth-order valence-corrected chi connectivity index (χ4v) is 3.73. The van der Waals surface area contributed by atoms with E-state index >= 15 is 0 Å². The molecule has 1 aliphatic heterocycles. The van der Waals surface area contributed by atoms with Gasteiger partial charge in [0.25, 0.3) is 0 Å². The number of piperidine rings is 1. The van der Waals surface area contributed by atoms with Gasteiger partial charge in [-0.1, -0.05) is 31.5 Å². The maximum absolute atomic E-state index is 12.8. The molecule has 1 aliphatic rings. The number of rotatable bonds is 6.